The lowest BCUT2D eigenvalue weighted by atomic mass is 9.74. The highest BCUT2D eigenvalue weighted by molar-refractivity contribution is 6.14. The highest BCUT2D eigenvalue weighted by atomic mass is 16.5. The van der Waals surface area contributed by atoms with E-state index in [9.17, 15) is 19.5 Å². The topological polar surface area (TPSA) is 161 Å². The van der Waals surface area contributed by atoms with Gasteiger partial charge >= 0.3 is 17.6 Å². The van der Waals surface area contributed by atoms with E-state index in [2.05, 4.69) is 4.98 Å². The first kappa shape index (κ1) is 26.6. The Balaban J connectivity index is 0.000000392. The third-order valence-corrected chi connectivity index (χ3v) is 5.96. The Bertz CT molecular complexity index is 1230. The van der Waals surface area contributed by atoms with Crippen molar-refractivity contribution in [1.29, 1.82) is 0 Å². The predicted octanol–water partition coefficient (Wildman–Crippen LogP) is 1.75. The molecule has 0 saturated heterocycles. The molecule has 0 amide bonds. The van der Waals surface area contributed by atoms with E-state index >= 15 is 0 Å². The summed E-state index contributed by atoms with van der Waals surface area (Å²) >= 11 is 0. The normalized spacial score (nSPS) is 20.3. The number of hydrogen-bond acceptors (Lipinski definition) is 8. The molecule has 192 valence electrons. The van der Waals surface area contributed by atoms with E-state index in [1.807, 2.05) is 19.1 Å². The SMILES string of the molecule is CCOc1cc2c(cc1OC)C(c1cnc(=O)n(C)c1)=N[C@@H]1CC[C@@H](O)C[C@H]21.O=C(O)C=CC(=O)O. The Hall–Kier alpha value is -3.99. The number of aliphatic hydroxyl groups excluding tert-OH is 1. The summed E-state index contributed by atoms with van der Waals surface area (Å²) in [6, 6.07) is 4.06. The third-order valence-electron chi connectivity index (χ3n) is 5.96. The molecular weight excluding hydrogens is 470 g/mol. The van der Waals surface area contributed by atoms with Crippen LogP contribution in [-0.2, 0) is 16.6 Å². The number of benzene rings is 1. The van der Waals surface area contributed by atoms with Gasteiger partial charge in [0, 0.05) is 48.6 Å². The second kappa shape index (κ2) is 11.6. The number of fused-ring (bicyclic) bond motifs is 3. The maximum atomic E-state index is 11.7. The van der Waals surface area contributed by atoms with Crippen molar-refractivity contribution in [3.05, 3.63) is 63.9 Å². The van der Waals surface area contributed by atoms with E-state index < -0.39 is 11.9 Å². The fourth-order valence-corrected chi connectivity index (χ4v) is 4.38. The number of hydrogen-bond donors (Lipinski definition) is 3. The first-order valence-electron chi connectivity index (χ1n) is 11.4. The van der Waals surface area contributed by atoms with E-state index in [1.165, 1.54) is 4.57 Å². The van der Waals surface area contributed by atoms with Gasteiger partial charge in [-0.15, -0.1) is 0 Å². The van der Waals surface area contributed by atoms with Crippen molar-refractivity contribution < 1.29 is 34.4 Å². The van der Waals surface area contributed by atoms with Crippen molar-refractivity contribution >= 4 is 17.7 Å². The van der Waals surface area contributed by atoms with Crippen molar-refractivity contribution in [1.82, 2.24) is 9.55 Å². The van der Waals surface area contributed by atoms with Crippen LogP contribution < -0.4 is 15.2 Å². The van der Waals surface area contributed by atoms with Gasteiger partial charge in [-0.1, -0.05) is 0 Å². The van der Waals surface area contributed by atoms with Crippen LogP contribution in [0.3, 0.4) is 0 Å². The summed E-state index contributed by atoms with van der Waals surface area (Å²) < 4.78 is 12.8. The third kappa shape index (κ3) is 6.16. The van der Waals surface area contributed by atoms with Crippen LogP contribution in [0.5, 0.6) is 11.5 Å². The van der Waals surface area contributed by atoms with Gasteiger partial charge in [-0.05, 0) is 43.9 Å². The van der Waals surface area contributed by atoms with E-state index in [0.717, 1.165) is 35.2 Å². The molecule has 0 radical (unpaired) electrons. The summed E-state index contributed by atoms with van der Waals surface area (Å²) in [4.78, 5) is 39.8. The lowest BCUT2D eigenvalue weighted by molar-refractivity contribution is -0.134. The Kier molecular flexibility index (Phi) is 8.59. The van der Waals surface area contributed by atoms with Crippen LogP contribution in [0, 0.1) is 0 Å². The molecular formula is C25H29N3O8. The molecule has 2 aromatic rings. The van der Waals surface area contributed by atoms with E-state index in [-0.39, 0.29) is 23.8 Å². The van der Waals surface area contributed by atoms with Gasteiger partial charge in [0.1, 0.15) is 0 Å². The first-order valence-corrected chi connectivity index (χ1v) is 11.4. The summed E-state index contributed by atoms with van der Waals surface area (Å²) in [7, 11) is 3.30. The second-order valence-electron chi connectivity index (χ2n) is 8.39. The van der Waals surface area contributed by atoms with Gasteiger partial charge in [-0.2, -0.15) is 0 Å². The number of nitrogens with zero attached hydrogens (tertiary/aromatic N) is 3. The monoisotopic (exact) mass is 499 g/mol. The average Bonchev–Trinajstić information content (AvgIpc) is 2.84. The van der Waals surface area contributed by atoms with Crippen LogP contribution in [0.2, 0.25) is 0 Å². The van der Waals surface area contributed by atoms with Crippen molar-refractivity contribution in [3.63, 3.8) is 0 Å². The van der Waals surface area contributed by atoms with Crippen LogP contribution >= 0.6 is 0 Å². The van der Waals surface area contributed by atoms with Crippen LogP contribution in [0.15, 0.2) is 46.5 Å². The van der Waals surface area contributed by atoms with Gasteiger partial charge in [-0.25, -0.2) is 19.4 Å². The molecule has 1 fully saturated rings. The summed E-state index contributed by atoms with van der Waals surface area (Å²) in [5.74, 6) is -1.05. The van der Waals surface area contributed by atoms with E-state index in [4.69, 9.17) is 24.7 Å². The van der Waals surface area contributed by atoms with Gasteiger partial charge in [0.15, 0.2) is 11.5 Å². The fraction of sp³-hybridized carbons (Fsp3) is 0.400. The Morgan fingerprint density at radius 2 is 1.86 bits per heavy atom. The molecule has 11 heteroatoms. The quantitative estimate of drug-likeness (QED) is 0.503. The summed E-state index contributed by atoms with van der Waals surface area (Å²) in [5.41, 5.74) is 3.34. The highest BCUT2D eigenvalue weighted by Gasteiger charge is 2.37. The van der Waals surface area contributed by atoms with Gasteiger partial charge < -0.3 is 29.4 Å². The second-order valence-corrected chi connectivity index (χ2v) is 8.39. The Morgan fingerprint density at radius 1 is 1.17 bits per heavy atom. The number of carboxylic acid groups (broad SMARTS) is 2. The van der Waals surface area contributed by atoms with Crippen LogP contribution in [0.25, 0.3) is 0 Å². The minimum absolute atomic E-state index is 0.0889. The molecule has 0 spiro atoms. The molecule has 1 aliphatic carbocycles. The fourth-order valence-electron chi connectivity index (χ4n) is 4.38. The highest BCUT2D eigenvalue weighted by Crippen LogP contribution is 2.44. The number of aliphatic hydroxyl groups is 1. The zero-order valence-corrected chi connectivity index (χ0v) is 20.2. The molecule has 1 aliphatic heterocycles. The molecule has 2 aliphatic rings. The van der Waals surface area contributed by atoms with Crippen molar-refractivity contribution in [2.45, 2.75) is 44.2 Å². The standard InChI is InChI=1S/C21H25N3O4.C4H4O4/c1-4-28-19-8-14-15-7-13(25)5-6-17(15)23-20(16(14)9-18(19)27-3)12-10-22-21(26)24(2)11-12;5-3(6)1-2-4(7)8/h8-11,13,15,17,25H,4-7H2,1-3H3;1-2H,(H,5,6)(H,7,8)/t13-,15-,17-;/m1./s1. The number of rotatable bonds is 6. The minimum Gasteiger partial charge on any atom is -0.493 e. The van der Waals surface area contributed by atoms with Crippen LogP contribution in [0.1, 0.15) is 48.8 Å². The van der Waals surface area contributed by atoms with Crippen molar-refractivity contribution in [2.75, 3.05) is 13.7 Å². The lowest BCUT2D eigenvalue weighted by Gasteiger charge is -2.37. The zero-order valence-electron chi connectivity index (χ0n) is 20.2. The van der Waals surface area contributed by atoms with Gasteiger partial charge in [0.2, 0.25) is 0 Å². The van der Waals surface area contributed by atoms with Gasteiger partial charge in [0.05, 0.1) is 31.6 Å². The average molecular weight is 500 g/mol. The summed E-state index contributed by atoms with van der Waals surface area (Å²) in [6.45, 7) is 2.48. The van der Waals surface area contributed by atoms with E-state index in [0.29, 0.717) is 36.7 Å². The number of aromatic nitrogens is 2. The Labute approximate surface area is 207 Å². The molecule has 3 atom stereocenters. The zero-order chi connectivity index (χ0) is 26.4. The van der Waals surface area contributed by atoms with Crippen molar-refractivity contribution in [3.8, 4) is 11.5 Å². The molecule has 3 N–H and O–H groups in total. The number of carboxylic acids is 2. The molecule has 1 aromatic carbocycles. The molecule has 4 rings (SSSR count). The number of methoxy groups -OCH3 is 1. The maximum absolute atomic E-state index is 11.7. The molecule has 0 bridgehead atoms. The first-order chi connectivity index (χ1) is 17.1. The molecule has 0 unspecified atom stereocenters. The van der Waals surface area contributed by atoms with Gasteiger partial charge in [0.25, 0.3) is 0 Å². The van der Waals surface area contributed by atoms with Crippen LogP contribution in [0.4, 0.5) is 0 Å². The van der Waals surface area contributed by atoms with Crippen molar-refractivity contribution in [2.24, 2.45) is 12.0 Å². The molecule has 36 heavy (non-hydrogen) atoms. The number of ether oxygens (including phenoxy) is 2. The smallest absolute Gasteiger partial charge is 0.347 e. The number of aliphatic carboxylic acids is 2. The Morgan fingerprint density at radius 3 is 2.44 bits per heavy atom. The number of aryl methyl sites for hydroxylation is 1. The molecule has 1 saturated carbocycles. The largest absolute Gasteiger partial charge is 0.493 e. The number of aliphatic imine (C=N–C) groups is 1. The van der Waals surface area contributed by atoms with E-state index in [1.54, 1.807) is 26.6 Å². The predicted molar refractivity (Wildman–Crippen MR) is 130 cm³/mol. The summed E-state index contributed by atoms with van der Waals surface area (Å²) in [5, 5.41) is 25.9. The number of carbonyl (C=O) groups is 2. The molecule has 1 aromatic heterocycles. The summed E-state index contributed by atoms with van der Waals surface area (Å²) in [6.07, 6.45) is 6.38. The molecule has 11 nitrogen and oxygen atoms in total. The van der Waals surface area contributed by atoms with Crippen LogP contribution in [-0.4, -0.2) is 68.4 Å². The minimum atomic E-state index is -1.26. The van der Waals surface area contributed by atoms with Gasteiger partial charge in [-0.3, -0.25) is 4.99 Å². The molecule has 2 heterocycles. The maximum Gasteiger partial charge on any atom is 0.347 e. The lowest BCUT2D eigenvalue weighted by Crippen LogP contribution is -2.34.